The summed E-state index contributed by atoms with van der Waals surface area (Å²) in [5.41, 5.74) is -2.53. The van der Waals surface area contributed by atoms with Crippen LogP contribution in [-0.2, 0) is 15.7 Å². The van der Waals surface area contributed by atoms with Crippen molar-refractivity contribution in [2.75, 3.05) is 49.3 Å². The minimum absolute atomic E-state index is 0.196. The van der Waals surface area contributed by atoms with Crippen LogP contribution in [-0.4, -0.2) is 72.4 Å². The maximum absolute atomic E-state index is 13.5. The Morgan fingerprint density at radius 3 is 2.68 bits per heavy atom. The number of hydrogen-bond acceptors (Lipinski definition) is 9. The normalized spacial score (nSPS) is 24.0. The van der Waals surface area contributed by atoms with Gasteiger partial charge in [-0.15, -0.1) is 0 Å². The SMILES string of the molecule is N#Cc1ccc(N2CCC(NC3(CCOC[C@@H]4CCCN4c4cn[nH]c(=O)c4C(F)(F)F)CO3)CC2)nc1. The largest absolute Gasteiger partial charge is 0.423 e. The van der Waals surface area contributed by atoms with Crippen LogP contribution in [0.5, 0.6) is 0 Å². The van der Waals surface area contributed by atoms with Crippen molar-refractivity contribution in [1.29, 1.82) is 5.26 Å². The molecule has 2 aromatic rings. The number of epoxide rings is 1. The lowest BCUT2D eigenvalue weighted by atomic mass is 10.0. The first-order valence-corrected chi connectivity index (χ1v) is 12.8. The van der Waals surface area contributed by atoms with E-state index in [2.05, 4.69) is 26.4 Å². The van der Waals surface area contributed by atoms with Gasteiger partial charge in [0.2, 0.25) is 0 Å². The standard InChI is InChI=1S/C25H30F3N7O3/c26-25(27,28)22-20(14-31-33-23(22)36)35-8-1-2-19(35)15-37-11-7-24(16-38-24)32-18-5-9-34(10-6-18)21-4-3-17(12-29)13-30-21/h3-4,13-14,18-19,32H,1-2,5-11,15-16H2,(H,33,36)/t19-,24?/m0/s1. The van der Waals surface area contributed by atoms with E-state index in [4.69, 9.17) is 14.7 Å². The van der Waals surface area contributed by atoms with Crippen molar-refractivity contribution in [2.24, 2.45) is 0 Å². The molecule has 0 aromatic carbocycles. The molecule has 0 saturated carbocycles. The summed E-state index contributed by atoms with van der Waals surface area (Å²) in [6.07, 6.45) is 1.77. The Morgan fingerprint density at radius 1 is 1.24 bits per heavy atom. The summed E-state index contributed by atoms with van der Waals surface area (Å²) < 4.78 is 52.2. The quantitative estimate of drug-likeness (QED) is 0.370. The molecule has 10 nitrogen and oxygen atoms in total. The smallest absolute Gasteiger partial charge is 0.379 e. The van der Waals surface area contributed by atoms with Gasteiger partial charge in [-0.2, -0.15) is 23.5 Å². The van der Waals surface area contributed by atoms with Crippen molar-refractivity contribution >= 4 is 11.5 Å². The lowest BCUT2D eigenvalue weighted by molar-refractivity contribution is -0.138. The summed E-state index contributed by atoms with van der Waals surface area (Å²) in [5.74, 6) is 0.868. The van der Waals surface area contributed by atoms with Crippen LogP contribution in [0.15, 0.2) is 29.3 Å². The second kappa shape index (κ2) is 10.9. The predicted octanol–water partition coefficient (Wildman–Crippen LogP) is 2.42. The fourth-order valence-electron chi connectivity index (χ4n) is 5.31. The molecule has 2 N–H and O–H groups in total. The molecule has 3 fully saturated rings. The van der Waals surface area contributed by atoms with Crippen LogP contribution < -0.4 is 20.7 Å². The molecule has 0 radical (unpaired) electrons. The number of H-pyrrole nitrogens is 1. The maximum atomic E-state index is 13.5. The lowest BCUT2D eigenvalue weighted by Crippen LogP contribution is -2.48. The highest BCUT2D eigenvalue weighted by Crippen LogP contribution is 2.36. The number of nitriles is 1. The first-order valence-electron chi connectivity index (χ1n) is 12.8. The van der Waals surface area contributed by atoms with Gasteiger partial charge in [-0.3, -0.25) is 10.1 Å². The number of halogens is 3. The summed E-state index contributed by atoms with van der Waals surface area (Å²) >= 11 is 0. The zero-order chi connectivity index (χ0) is 26.8. The van der Waals surface area contributed by atoms with Gasteiger partial charge in [0, 0.05) is 38.3 Å². The molecule has 3 aliphatic heterocycles. The van der Waals surface area contributed by atoms with E-state index in [-0.39, 0.29) is 18.3 Å². The van der Waals surface area contributed by atoms with Gasteiger partial charge in [-0.05, 0) is 37.8 Å². The first-order chi connectivity index (χ1) is 18.3. The van der Waals surface area contributed by atoms with Crippen molar-refractivity contribution in [3.63, 3.8) is 0 Å². The molecular formula is C25H30F3N7O3. The molecule has 5 rings (SSSR count). The number of rotatable bonds is 9. The maximum Gasteiger partial charge on any atom is 0.423 e. The molecule has 2 atom stereocenters. The number of ether oxygens (including phenoxy) is 2. The third-order valence-electron chi connectivity index (χ3n) is 7.42. The van der Waals surface area contributed by atoms with Crippen molar-refractivity contribution in [2.45, 2.75) is 56.1 Å². The van der Waals surface area contributed by atoms with E-state index in [1.165, 1.54) is 0 Å². The number of nitrogens with zero attached hydrogens (tertiary/aromatic N) is 5. The zero-order valence-electron chi connectivity index (χ0n) is 20.8. The number of hydrogen-bond donors (Lipinski definition) is 2. The molecule has 0 amide bonds. The summed E-state index contributed by atoms with van der Waals surface area (Å²) in [6.45, 7) is 3.36. The zero-order valence-corrected chi connectivity index (χ0v) is 20.8. The highest BCUT2D eigenvalue weighted by Gasteiger charge is 2.46. The van der Waals surface area contributed by atoms with Gasteiger partial charge in [0.25, 0.3) is 5.56 Å². The second-order valence-corrected chi connectivity index (χ2v) is 9.98. The molecule has 13 heteroatoms. The highest BCUT2D eigenvalue weighted by molar-refractivity contribution is 5.54. The number of anilines is 2. The van der Waals surface area contributed by atoms with E-state index in [1.54, 1.807) is 17.2 Å². The Bertz CT molecular complexity index is 1200. The van der Waals surface area contributed by atoms with Gasteiger partial charge in [-0.1, -0.05) is 0 Å². The van der Waals surface area contributed by atoms with Crippen LogP contribution in [0, 0.1) is 11.3 Å². The van der Waals surface area contributed by atoms with Crippen LogP contribution in [0.3, 0.4) is 0 Å². The molecule has 0 aliphatic carbocycles. The third kappa shape index (κ3) is 5.92. The molecular weight excluding hydrogens is 503 g/mol. The molecule has 2 aromatic heterocycles. The Hall–Kier alpha value is -3.21. The van der Waals surface area contributed by atoms with Gasteiger partial charge in [-0.25, -0.2) is 10.1 Å². The minimum atomic E-state index is -4.77. The summed E-state index contributed by atoms with van der Waals surface area (Å²) in [5, 5.41) is 18.0. The molecule has 0 spiro atoms. The Morgan fingerprint density at radius 2 is 2.03 bits per heavy atom. The van der Waals surface area contributed by atoms with E-state index in [1.807, 2.05) is 11.2 Å². The third-order valence-corrected chi connectivity index (χ3v) is 7.42. The van der Waals surface area contributed by atoms with Gasteiger partial charge in [0.15, 0.2) is 0 Å². The molecule has 38 heavy (non-hydrogen) atoms. The van der Waals surface area contributed by atoms with Crippen molar-refractivity contribution in [3.05, 3.63) is 46.0 Å². The van der Waals surface area contributed by atoms with Crippen LogP contribution in [0.1, 0.15) is 43.2 Å². The van der Waals surface area contributed by atoms with Gasteiger partial charge < -0.3 is 19.3 Å². The van der Waals surface area contributed by atoms with Gasteiger partial charge in [0.05, 0.1) is 43.3 Å². The van der Waals surface area contributed by atoms with E-state index in [9.17, 15) is 18.0 Å². The molecule has 204 valence electrons. The number of alkyl halides is 3. The van der Waals surface area contributed by atoms with Crippen LogP contribution in [0.2, 0.25) is 0 Å². The first kappa shape index (κ1) is 26.4. The van der Waals surface area contributed by atoms with E-state index in [0.717, 1.165) is 37.9 Å². The number of aromatic nitrogens is 3. The average molecular weight is 534 g/mol. The van der Waals surface area contributed by atoms with E-state index < -0.39 is 23.0 Å². The second-order valence-electron chi connectivity index (χ2n) is 9.98. The fraction of sp³-hybridized carbons (Fsp3) is 0.600. The number of aromatic amines is 1. The van der Waals surface area contributed by atoms with Crippen molar-refractivity contribution in [3.8, 4) is 6.07 Å². The summed E-state index contributed by atoms with van der Waals surface area (Å²) in [6, 6.07) is 5.76. The number of piperidine rings is 1. The topological polar surface area (TPSA) is 123 Å². The Labute approximate surface area is 217 Å². The Balaban J connectivity index is 1.08. The minimum Gasteiger partial charge on any atom is -0.379 e. The van der Waals surface area contributed by atoms with Crippen LogP contribution in [0.4, 0.5) is 24.7 Å². The van der Waals surface area contributed by atoms with Gasteiger partial charge in [0.1, 0.15) is 23.2 Å². The molecule has 5 heterocycles. The van der Waals surface area contributed by atoms with E-state index >= 15 is 0 Å². The number of pyridine rings is 1. The van der Waals surface area contributed by atoms with Crippen LogP contribution in [0.25, 0.3) is 0 Å². The summed E-state index contributed by atoms with van der Waals surface area (Å²) in [7, 11) is 0. The number of nitrogens with one attached hydrogen (secondary N) is 2. The molecule has 0 bridgehead atoms. The summed E-state index contributed by atoms with van der Waals surface area (Å²) in [4.78, 5) is 20.0. The van der Waals surface area contributed by atoms with Crippen LogP contribution >= 0.6 is 0 Å². The van der Waals surface area contributed by atoms with Gasteiger partial charge >= 0.3 is 6.18 Å². The van der Waals surface area contributed by atoms with Crippen molar-refractivity contribution < 1.29 is 22.6 Å². The molecule has 3 aliphatic rings. The highest BCUT2D eigenvalue weighted by atomic mass is 19.4. The fourth-order valence-corrected chi connectivity index (χ4v) is 5.31. The average Bonchev–Trinajstić information content (AvgIpc) is 3.50. The predicted molar refractivity (Wildman–Crippen MR) is 132 cm³/mol. The monoisotopic (exact) mass is 533 g/mol. The molecule has 3 saturated heterocycles. The van der Waals surface area contributed by atoms with E-state index in [0.29, 0.717) is 50.6 Å². The Kier molecular flexibility index (Phi) is 7.56. The molecule has 1 unspecified atom stereocenters. The van der Waals surface area contributed by atoms with Crippen molar-refractivity contribution in [1.82, 2.24) is 20.5 Å². The lowest BCUT2D eigenvalue weighted by Gasteiger charge is -2.34.